The molecule has 1 aromatic heterocycles. The van der Waals surface area contributed by atoms with Crippen LogP contribution >= 0.6 is 11.6 Å². The molecule has 0 amide bonds. The smallest absolute Gasteiger partial charge is 0.249 e. The molecule has 7 nitrogen and oxygen atoms in total. The molecule has 25 heavy (non-hydrogen) atoms. The summed E-state index contributed by atoms with van der Waals surface area (Å²) in [6, 6.07) is 14.2. The Labute approximate surface area is 149 Å². The molecule has 0 aliphatic carbocycles. The van der Waals surface area contributed by atoms with E-state index in [9.17, 15) is 0 Å². The fourth-order valence-corrected chi connectivity index (χ4v) is 2.26. The normalized spacial score (nSPS) is 9.96. The van der Waals surface area contributed by atoms with Crippen molar-refractivity contribution in [3.8, 4) is 11.8 Å². The van der Waals surface area contributed by atoms with Crippen LogP contribution < -0.4 is 15.4 Å². The summed E-state index contributed by atoms with van der Waals surface area (Å²) in [6.45, 7) is 0. The Balaban J connectivity index is 1.79. The Kier molecular flexibility index (Phi) is 4.92. The van der Waals surface area contributed by atoms with Gasteiger partial charge in [0.15, 0.2) is 5.82 Å². The SMILES string of the molecule is COc1ccc(Cl)cc1Nc1cnnc(Nc2ccc(C#N)cc2)n1. The molecule has 3 aromatic rings. The van der Waals surface area contributed by atoms with Crippen molar-refractivity contribution >= 4 is 34.7 Å². The summed E-state index contributed by atoms with van der Waals surface area (Å²) in [5.74, 6) is 1.42. The zero-order valence-corrected chi connectivity index (χ0v) is 13.9. The number of rotatable bonds is 5. The Morgan fingerprint density at radius 2 is 1.92 bits per heavy atom. The van der Waals surface area contributed by atoms with Crippen LogP contribution in [0.4, 0.5) is 23.1 Å². The Hall–Kier alpha value is -3.37. The molecule has 0 bridgehead atoms. The van der Waals surface area contributed by atoms with Gasteiger partial charge in [0.1, 0.15) is 5.75 Å². The van der Waals surface area contributed by atoms with Crippen LogP contribution in [0.3, 0.4) is 0 Å². The molecule has 0 fully saturated rings. The summed E-state index contributed by atoms with van der Waals surface area (Å²) in [5, 5.41) is 23.4. The topological polar surface area (TPSA) is 95.8 Å². The predicted octanol–water partition coefficient (Wildman–Crippen LogP) is 3.89. The van der Waals surface area contributed by atoms with Crippen LogP contribution in [0.1, 0.15) is 5.56 Å². The summed E-state index contributed by atoms with van der Waals surface area (Å²) >= 11 is 6.02. The minimum Gasteiger partial charge on any atom is -0.495 e. The lowest BCUT2D eigenvalue weighted by atomic mass is 10.2. The second-order valence-corrected chi connectivity index (χ2v) is 5.39. The van der Waals surface area contributed by atoms with E-state index in [-0.39, 0.29) is 0 Å². The van der Waals surface area contributed by atoms with E-state index in [1.807, 2.05) is 0 Å². The molecule has 0 radical (unpaired) electrons. The Morgan fingerprint density at radius 3 is 2.64 bits per heavy atom. The maximum absolute atomic E-state index is 8.82. The van der Waals surface area contributed by atoms with E-state index < -0.39 is 0 Å². The molecular formula is C17H13ClN6O. The quantitative estimate of drug-likeness (QED) is 0.719. The van der Waals surface area contributed by atoms with E-state index in [2.05, 4.69) is 31.9 Å². The minimum absolute atomic E-state index is 0.315. The van der Waals surface area contributed by atoms with Crippen LogP contribution in [-0.4, -0.2) is 22.3 Å². The van der Waals surface area contributed by atoms with Crippen molar-refractivity contribution in [2.75, 3.05) is 17.7 Å². The first-order valence-electron chi connectivity index (χ1n) is 7.25. The number of hydrogen-bond donors (Lipinski definition) is 2. The van der Waals surface area contributed by atoms with Gasteiger partial charge < -0.3 is 15.4 Å². The number of methoxy groups -OCH3 is 1. The number of halogens is 1. The molecule has 0 atom stereocenters. The van der Waals surface area contributed by atoms with E-state index >= 15 is 0 Å². The first-order valence-corrected chi connectivity index (χ1v) is 7.63. The van der Waals surface area contributed by atoms with Crippen molar-refractivity contribution in [2.24, 2.45) is 0 Å². The highest BCUT2D eigenvalue weighted by atomic mass is 35.5. The van der Waals surface area contributed by atoms with Crippen molar-refractivity contribution in [1.82, 2.24) is 15.2 Å². The molecule has 3 rings (SSSR count). The van der Waals surface area contributed by atoms with Crippen LogP contribution in [0.2, 0.25) is 5.02 Å². The number of anilines is 4. The highest BCUT2D eigenvalue weighted by Crippen LogP contribution is 2.30. The number of hydrogen-bond acceptors (Lipinski definition) is 7. The van der Waals surface area contributed by atoms with Crippen LogP contribution in [0, 0.1) is 11.3 Å². The number of aromatic nitrogens is 3. The van der Waals surface area contributed by atoms with Crippen molar-refractivity contribution < 1.29 is 4.74 Å². The monoisotopic (exact) mass is 352 g/mol. The number of nitriles is 1. The summed E-state index contributed by atoms with van der Waals surface area (Å²) < 4.78 is 5.29. The molecule has 8 heteroatoms. The zero-order chi connectivity index (χ0) is 17.6. The van der Waals surface area contributed by atoms with Gasteiger partial charge in [0.05, 0.1) is 30.6 Å². The van der Waals surface area contributed by atoms with E-state index in [0.29, 0.717) is 33.8 Å². The zero-order valence-electron chi connectivity index (χ0n) is 13.2. The van der Waals surface area contributed by atoms with Gasteiger partial charge in [-0.1, -0.05) is 11.6 Å². The first kappa shape index (κ1) is 16.5. The van der Waals surface area contributed by atoms with E-state index in [4.69, 9.17) is 21.6 Å². The molecule has 0 aliphatic heterocycles. The lowest BCUT2D eigenvalue weighted by Crippen LogP contribution is -2.03. The maximum atomic E-state index is 8.82. The molecule has 2 aromatic carbocycles. The van der Waals surface area contributed by atoms with E-state index in [0.717, 1.165) is 5.69 Å². The van der Waals surface area contributed by atoms with Gasteiger partial charge in [0, 0.05) is 10.7 Å². The lowest BCUT2D eigenvalue weighted by Gasteiger charge is -2.11. The van der Waals surface area contributed by atoms with Crippen LogP contribution in [0.5, 0.6) is 5.75 Å². The van der Waals surface area contributed by atoms with Gasteiger partial charge in [0.2, 0.25) is 5.95 Å². The summed E-state index contributed by atoms with van der Waals surface area (Å²) in [7, 11) is 1.57. The van der Waals surface area contributed by atoms with Crippen molar-refractivity contribution in [3.05, 3.63) is 59.2 Å². The van der Waals surface area contributed by atoms with Crippen molar-refractivity contribution in [3.63, 3.8) is 0 Å². The lowest BCUT2D eigenvalue weighted by molar-refractivity contribution is 0.417. The average molecular weight is 353 g/mol. The van der Waals surface area contributed by atoms with E-state index in [1.165, 1.54) is 6.20 Å². The highest BCUT2D eigenvalue weighted by molar-refractivity contribution is 6.31. The van der Waals surface area contributed by atoms with Gasteiger partial charge in [-0.2, -0.15) is 15.3 Å². The summed E-state index contributed by atoms with van der Waals surface area (Å²) in [6.07, 6.45) is 1.49. The fraction of sp³-hybridized carbons (Fsp3) is 0.0588. The predicted molar refractivity (Wildman–Crippen MR) is 95.6 cm³/mol. The Morgan fingerprint density at radius 1 is 1.12 bits per heavy atom. The number of nitrogens with one attached hydrogen (secondary N) is 2. The summed E-state index contributed by atoms with van der Waals surface area (Å²) in [4.78, 5) is 4.35. The fourth-order valence-electron chi connectivity index (χ4n) is 2.09. The largest absolute Gasteiger partial charge is 0.495 e. The molecule has 0 spiro atoms. The van der Waals surface area contributed by atoms with Gasteiger partial charge in [-0.05, 0) is 42.5 Å². The second kappa shape index (κ2) is 7.47. The molecule has 0 saturated carbocycles. The van der Waals surface area contributed by atoms with Gasteiger partial charge in [-0.15, -0.1) is 5.10 Å². The second-order valence-electron chi connectivity index (χ2n) is 4.95. The van der Waals surface area contributed by atoms with Gasteiger partial charge in [-0.25, -0.2) is 0 Å². The molecule has 0 aliphatic rings. The molecular weight excluding hydrogens is 340 g/mol. The van der Waals surface area contributed by atoms with Crippen LogP contribution in [0.25, 0.3) is 0 Å². The van der Waals surface area contributed by atoms with Gasteiger partial charge >= 0.3 is 0 Å². The van der Waals surface area contributed by atoms with E-state index in [1.54, 1.807) is 49.6 Å². The van der Waals surface area contributed by atoms with Crippen molar-refractivity contribution in [2.45, 2.75) is 0 Å². The molecule has 2 N–H and O–H groups in total. The third-order valence-corrected chi connectivity index (χ3v) is 3.49. The van der Waals surface area contributed by atoms with Crippen LogP contribution in [-0.2, 0) is 0 Å². The first-order chi connectivity index (χ1) is 12.2. The van der Waals surface area contributed by atoms with Crippen LogP contribution in [0.15, 0.2) is 48.7 Å². The third kappa shape index (κ3) is 4.13. The highest BCUT2D eigenvalue weighted by Gasteiger charge is 2.07. The Bertz CT molecular complexity index is 923. The maximum Gasteiger partial charge on any atom is 0.249 e. The molecule has 124 valence electrons. The number of nitrogens with zero attached hydrogens (tertiary/aromatic N) is 4. The standard InChI is InChI=1S/C17H13ClN6O/c1-25-15-7-4-12(18)8-14(15)22-16-10-20-24-17(23-16)21-13-5-2-11(9-19)3-6-13/h2-8,10H,1H3,(H2,21,22,23,24). The average Bonchev–Trinajstić information content (AvgIpc) is 2.63. The molecule has 1 heterocycles. The summed E-state index contributed by atoms with van der Waals surface area (Å²) in [5.41, 5.74) is 1.99. The number of benzene rings is 2. The van der Waals surface area contributed by atoms with Crippen molar-refractivity contribution in [1.29, 1.82) is 5.26 Å². The number of ether oxygens (including phenoxy) is 1. The van der Waals surface area contributed by atoms with Gasteiger partial charge in [0.25, 0.3) is 0 Å². The third-order valence-electron chi connectivity index (χ3n) is 3.25. The molecule has 0 saturated heterocycles. The minimum atomic E-state index is 0.315. The van der Waals surface area contributed by atoms with Gasteiger partial charge in [-0.3, -0.25) is 0 Å². The molecule has 0 unspecified atom stereocenters.